The van der Waals surface area contributed by atoms with Crippen LogP contribution in [0.1, 0.15) is 35.1 Å². The van der Waals surface area contributed by atoms with Gasteiger partial charge in [0.05, 0.1) is 12.1 Å². The molecule has 0 aromatic carbocycles. The van der Waals surface area contributed by atoms with Gasteiger partial charge in [0, 0.05) is 35.3 Å². The molecule has 0 radical (unpaired) electrons. The minimum atomic E-state index is 0.301. The predicted molar refractivity (Wildman–Crippen MR) is 70.8 cm³/mol. The molecule has 1 aromatic rings. The lowest BCUT2D eigenvalue weighted by molar-refractivity contribution is 0.198. The number of hydrogen-bond donors (Lipinski definition) is 1. The van der Waals surface area contributed by atoms with Crippen LogP contribution in [-0.4, -0.2) is 24.0 Å². The summed E-state index contributed by atoms with van der Waals surface area (Å²) in [7, 11) is 0. The van der Waals surface area contributed by atoms with Crippen LogP contribution in [0.15, 0.2) is 12.1 Å². The zero-order valence-corrected chi connectivity index (χ0v) is 11.0. The first-order valence-electron chi connectivity index (χ1n) is 6.15. The van der Waals surface area contributed by atoms with Crippen LogP contribution >= 0.6 is 11.3 Å². The van der Waals surface area contributed by atoms with Crippen LogP contribution in [0.2, 0.25) is 0 Å². The highest BCUT2D eigenvalue weighted by atomic mass is 32.1. The van der Waals surface area contributed by atoms with Crippen molar-refractivity contribution in [3.8, 4) is 6.07 Å². The van der Waals surface area contributed by atoms with Crippen molar-refractivity contribution in [1.29, 1.82) is 5.26 Å². The Hall–Kier alpha value is -0.890. The molecule has 1 fully saturated rings. The monoisotopic (exact) mass is 249 g/mol. The fourth-order valence-corrected chi connectivity index (χ4v) is 3.24. The van der Waals surface area contributed by atoms with E-state index < -0.39 is 0 Å². The molecule has 4 heteroatoms. The summed E-state index contributed by atoms with van der Waals surface area (Å²) in [5.41, 5.74) is 5.93. The highest BCUT2D eigenvalue weighted by Crippen LogP contribution is 2.36. The summed E-state index contributed by atoms with van der Waals surface area (Å²) in [6.45, 7) is 3.61. The van der Waals surface area contributed by atoms with Gasteiger partial charge in [-0.2, -0.15) is 5.26 Å². The van der Waals surface area contributed by atoms with E-state index in [9.17, 15) is 0 Å². The Morgan fingerprint density at radius 2 is 2.35 bits per heavy atom. The van der Waals surface area contributed by atoms with Crippen LogP contribution in [0.5, 0.6) is 0 Å². The zero-order chi connectivity index (χ0) is 12.3. The van der Waals surface area contributed by atoms with E-state index in [-0.39, 0.29) is 0 Å². The van der Waals surface area contributed by atoms with Gasteiger partial charge in [0.25, 0.3) is 0 Å². The lowest BCUT2D eigenvalue weighted by atomic mass is 10.2. The van der Waals surface area contributed by atoms with E-state index in [4.69, 9.17) is 11.0 Å². The first-order chi connectivity index (χ1) is 8.26. The number of nitrogens with zero attached hydrogens (tertiary/aromatic N) is 2. The lowest BCUT2D eigenvalue weighted by Gasteiger charge is -2.29. The maximum absolute atomic E-state index is 8.74. The molecule has 0 spiro atoms. The van der Waals surface area contributed by atoms with E-state index in [2.05, 4.69) is 30.0 Å². The van der Waals surface area contributed by atoms with Crippen LogP contribution in [0.25, 0.3) is 0 Å². The van der Waals surface area contributed by atoms with Crippen LogP contribution in [0.3, 0.4) is 0 Å². The quantitative estimate of drug-likeness (QED) is 0.842. The van der Waals surface area contributed by atoms with Crippen molar-refractivity contribution in [1.82, 2.24) is 4.90 Å². The molecule has 17 heavy (non-hydrogen) atoms. The number of hydrogen-bond acceptors (Lipinski definition) is 4. The van der Waals surface area contributed by atoms with Crippen LogP contribution < -0.4 is 5.73 Å². The zero-order valence-electron chi connectivity index (χ0n) is 10.2. The van der Waals surface area contributed by atoms with E-state index >= 15 is 0 Å². The molecule has 0 saturated heterocycles. The van der Waals surface area contributed by atoms with Crippen molar-refractivity contribution in [2.45, 2.75) is 38.3 Å². The van der Waals surface area contributed by atoms with Gasteiger partial charge in [-0.15, -0.1) is 11.3 Å². The van der Waals surface area contributed by atoms with Gasteiger partial charge in [0.1, 0.15) is 0 Å². The number of nitriles is 1. The molecule has 1 aliphatic rings. The van der Waals surface area contributed by atoms with Crippen molar-refractivity contribution in [3.05, 3.63) is 21.9 Å². The summed E-state index contributed by atoms with van der Waals surface area (Å²) in [6.07, 6.45) is 3.11. The maximum atomic E-state index is 8.74. The Balaban J connectivity index is 2.11. The highest BCUT2D eigenvalue weighted by molar-refractivity contribution is 7.12. The van der Waals surface area contributed by atoms with Gasteiger partial charge < -0.3 is 5.73 Å². The summed E-state index contributed by atoms with van der Waals surface area (Å²) in [5, 5.41) is 8.74. The molecule has 1 aromatic heterocycles. The SMILES string of the molecule is Cc1ccc(C(CN)N(CCC#N)C2CC2)s1. The first kappa shape index (κ1) is 12.6. The van der Waals surface area contributed by atoms with Crippen molar-refractivity contribution >= 4 is 11.3 Å². The topological polar surface area (TPSA) is 53.0 Å². The molecule has 1 aliphatic carbocycles. The third kappa shape index (κ3) is 3.06. The van der Waals surface area contributed by atoms with Crippen molar-refractivity contribution in [2.75, 3.05) is 13.1 Å². The van der Waals surface area contributed by atoms with Crippen LogP contribution in [0, 0.1) is 18.3 Å². The standard InChI is InChI=1S/C13H19N3S/c1-10-3-6-13(17-10)12(9-15)16(8-2-7-14)11-4-5-11/h3,6,11-12H,2,4-5,8-9,15H2,1H3. The lowest BCUT2D eigenvalue weighted by Crippen LogP contribution is -2.35. The third-order valence-electron chi connectivity index (χ3n) is 3.21. The predicted octanol–water partition coefficient (Wildman–Crippen LogP) is 2.43. The van der Waals surface area contributed by atoms with Crippen molar-refractivity contribution in [3.63, 3.8) is 0 Å². The Morgan fingerprint density at radius 1 is 1.59 bits per heavy atom. The summed E-state index contributed by atoms with van der Waals surface area (Å²) in [6, 6.07) is 7.52. The van der Waals surface area contributed by atoms with Gasteiger partial charge in [0.2, 0.25) is 0 Å². The van der Waals surface area contributed by atoms with Gasteiger partial charge >= 0.3 is 0 Å². The normalized spacial score (nSPS) is 17.1. The fourth-order valence-electron chi connectivity index (χ4n) is 2.23. The highest BCUT2D eigenvalue weighted by Gasteiger charge is 2.34. The minimum Gasteiger partial charge on any atom is -0.329 e. The Kier molecular flexibility index (Phi) is 4.16. The molecule has 1 atom stereocenters. The number of aryl methyl sites for hydroxylation is 1. The maximum Gasteiger partial charge on any atom is 0.0635 e. The third-order valence-corrected chi connectivity index (χ3v) is 4.31. The molecule has 0 aliphatic heterocycles. The molecule has 2 rings (SSSR count). The molecule has 3 nitrogen and oxygen atoms in total. The Morgan fingerprint density at radius 3 is 2.82 bits per heavy atom. The largest absolute Gasteiger partial charge is 0.329 e. The van der Waals surface area contributed by atoms with Gasteiger partial charge in [-0.3, -0.25) is 4.90 Å². The summed E-state index contributed by atoms with van der Waals surface area (Å²) < 4.78 is 0. The van der Waals surface area contributed by atoms with Crippen molar-refractivity contribution in [2.24, 2.45) is 5.73 Å². The second-order valence-electron chi connectivity index (χ2n) is 4.58. The number of thiophene rings is 1. The van der Waals surface area contributed by atoms with Gasteiger partial charge in [-0.05, 0) is 31.9 Å². The molecule has 0 amide bonds. The Labute approximate surface area is 107 Å². The average Bonchev–Trinajstić information content (AvgIpc) is 3.08. The molecule has 1 unspecified atom stereocenters. The molecular weight excluding hydrogens is 230 g/mol. The van der Waals surface area contributed by atoms with E-state index in [1.165, 1.54) is 22.6 Å². The second kappa shape index (κ2) is 5.63. The second-order valence-corrected chi connectivity index (χ2v) is 5.90. The van der Waals surface area contributed by atoms with Crippen LogP contribution in [-0.2, 0) is 0 Å². The summed E-state index contributed by atoms with van der Waals surface area (Å²) >= 11 is 1.82. The van der Waals surface area contributed by atoms with E-state index in [0.717, 1.165) is 6.54 Å². The smallest absolute Gasteiger partial charge is 0.0635 e. The number of nitrogens with two attached hydrogens (primary N) is 1. The van der Waals surface area contributed by atoms with E-state index in [1.54, 1.807) is 0 Å². The molecule has 2 N–H and O–H groups in total. The van der Waals surface area contributed by atoms with Crippen LogP contribution in [0.4, 0.5) is 0 Å². The summed E-state index contributed by atoms with van der Waals surface area (Å²) in [5.74, 6) is 0. The average molecular weight is 249 g/mol. The molecule has 1 heterocycles. The van der Waals surface area contributed by atoms with Gasteiger partial charge in [0.15, 0.2) is 0 Å². The molecular formula is C13H19N3S. The fraction of sp³-hybridized carbons (Fsp3) is 0.615. The molecule has 1 saturated carbocycles. The molecule has 92 valence electrons. The van der Waals surface area contributed by atoms with Gasteiger partial charge in [-0.1, -0.05) is 0 Å². The minimum absolute atomic E-state index is 0.301. The van der Waals surface area contributed by atoms with E-state index in [0.29, 0.717) is 25.0 Å². The van der Waals surface area contributed by atoms with Crippen molar-refractivity contribution < 1.29 is 0 Å². The Bertz CT molecular complexity index is 403. The van der Waals surface area contributed by atoms with E-state index in [1.807, 2.05) is 11.3 Å². The first-order valence-corrected chi connectivity index (χ1v) is 6.97. The molecule has 0 bridgehead atoms. The number of rotatable bonds is 6. The summed E-state index contributed by atoms with van der Waals surface area (Å²) in [4.78, 5) is 5.10. The van der Waals surface area contributed by atoms with Gasteiger partial charge in [-0.25, -0.2) is 0 Å².